The van der Waals surface area contributed by atoms with Gasteiger partial charge in [0.1, 0.15) is 0 Å². The average Bonchev–Trinajstić information content (AvgIpc) is 3.30. The summed E-state index contributed by atoms with van der Waals surface area (Å²) < 4.78 is 0. The molecule has 7 nitrogen and oxygen atoms in total. The third-order valence-corrected chi connectivity index (χ3v) is 7.19. The molecule has 1 atom stereocenters. The van der Waals surface area contributed by atoms with Crippen LogP contribution in [0.5, 0.6) is 0 Å². The summed E-state index contributed by atoms with van der Waals surface area (Å²) in [4.78, 5) is 31.1. The van der Waals surface area contributed by atoms with Crippen LogP contribution >= 0.6 is 23.2 Å². The Morgan fingerprint density at radius 3 is 2.39 bits per heavy atom. The van der Waals surface area contributed by atoms with Crippen LogP contribution in [0.1, 0.15) is 24.0 Å². The molecule has 2 aliphatic rings. The highest BCUT2D eigenvalue weighted by atomic mass is 35.5. The highest BCUT2D eigenvalue weighted by Crippen LogP contribution is 2.31. The van der Waals surface area contributed by atoms with E-state index < -0.39 is 4.92 Å². The van der Waals surface area contributed by atoms with Gasteiger partial charge in [0.2, 0.25) is 5.91 Å². The van der Waals surface area contributed by atoms with E-state index in [1.807, 2.05) is 23.1 Å². The second-order valence-electron chi connectivity index (χ2n) is 8.80. The van der Waals surface area contributed by atoms with Crippen molar-refractivity contribution < 1.29 is 9.72 Å². The number of carbonyl (C=O) groups is 1. The van der Waals surface area contributed by atoms with Gasteiger partial charge in [0.05, 0.1) is 27.4 Å². The van der Waals surface area contributed by atoms with Gasteiger partial charge in [-0.2, -0.15) is 0 Å². The Morgan fingerprint density at radius 2 is 1.70 bits per heavy atom. The molecule has 176 valence electrons. The molecule has 2 fully saturated rings. The van der Waals surface area contributed by atoms with Crippen molar-refractivity contribution in [2.45, 2.75) is 31.8 Å². The van der Waals surface area contributed by atoms with Gasteiger partial charge in [-0.1, -0.05) is 53.5 Å². The van der Waals surface area contributed by atoms with E-state index in [9.17, 15) is 14.9 Å². The number of hydrogen-bond acceptors (Lipinski definition) is 5. The molecule has 0 aromatic heterocycles. The summed E-state index contributed by atoms with van der Waals surface area (Å²) in [6.07, 6.45) is 2.30. The molecule has 4 rings (SSSR count). The molecule has 2 saturated heterocycles. The molecule has 1 amide bonds. The van der Waals surface area contributed by atoms with Gasteiger partial charge in [-0.05, 0) is 37.6 Å². The molecule has 2 aromatic rings. The van der Waals surface area contributed by atoms with E-state index in [0.717, 1.165) is 39.3 Å². The summed E-state index contributed by atoms with van der Waals surface area (Å²) in [5.74, 6) is -0.111. The number of rotatable bonds is 7. The van der Waals surface area contributed by atoms with Crippen molar-refractivity contribution in [1.29, 1.82) is 0 Å². The number of amides is 1. The lowest BCUT2D eigenvalue weighted by atomic mass is 10.1. The van der Waals surface area contributed by atoms with E-state index >= 15 is 0 Å². The quantitative estimate of drug-likeness (QED) is 0.428. The molecule has 33 heavy (non-hydrogen) atoms. The van der Waals surface area contributed by atoms with Crippen LogP contribution in [0, 0.1) is 10.1 Å². The summed E-state index contributed by atoms with van der Waals surface area (Å²) >= 11 is 12.1. The van der Waals surface area contributed by atoms with Crippen molar-refractivity contribution in [2.75, 3.05) is 39.3 Å². The van der Waals surface area contributed by atoms with Crippen LogP contribution in [0.15, 0.2) is 42.5 Å². The number of likely N-dealkylation sites (tertiary alicyclic amines) is 1. The van der Waals surface area contributed by atoms with Gasteiger partial charge < -0.3 is 9.80 Å². The standard InChI is InChI=1S/C24H28Cl2N4O3/c25-21-12-19(23(30(32)33)14-22(21)26)13-24(31)29-11-10-28(15-18-6-2-1-3-7-18)17-20(29)16-27-8-4-5-9-27/h1-3,6-7,12,14,20H,4-5,8-11,13,15-17H2. The number of benzene rings is 2. The Labute approximate surface area is 204 Å². The van der Waals surface area contributed by atoms with Gasteiger partial charge in [-0.3, -0.25) is 19.8 Å². The highest BCUT2D eigenvalue weighted by molar-refractivity contribution is 6.42. The van der Waals surface area contributed by atoms with Crippen LogP contribution in [0.2, 0.25) is 10.0 Å². The molecular formula is C24H28Cl2N4O3. The van der Waals surface area contributed by atoms with Gasteiger partial charge >= 0.3 is 0 Å². The fraction of sp³-hybridized carbons (Fsp3) is 0.458. The summed E-state index contributed by atoms with van der Waals surface area (Å²) in [5, 5.41) is 11.8. The van der Waals surface area contributed by atoms with Crippen molar-refractivity contribution in [3.63, 3.8) is 0 Å². The predicted octanol–water partition coefficient (Wildman–Crippen LogP) is 4.25. The lowest BCUT2D eigenvalue weighted by molar-refractivity contribution is -0.385. The second kappa shape index (κ2) is 10.8. The van der Waals surface area contributed by atoms with Gasteiger partial charge in [0.25, 0.3) is 5.69 Å². The van der Waals surface area contributed by atoms with Gasteiger partial charge in [-0.15, -0.1) is 0 Å². The number of carbonyl (C=O) groups excluding carboxylic acids is 1. The lowest BCUT2D eigenvalue weighted by Crippen LogP contribution is -2.58. The first-order valence-corrected chi connectivity index (χ1v) is 12.1. The SMILES string of the molecule is O=C(Cc1cc(Cl)c(Cl)cc1[N+](=O)[O-])N1CCN(Cc2ccccc2)CC1CN1CCCC1. The first-order chi connectivity index (χ1) is 15.9. The topological polar surface area (TPSA) is 69.9 Å². The van der Waals surface area contributed by atoms with E-state index in [1.54, 1.807) is 0 Å². The van der Waals surface area contributed by atoms with Crippen LogP contribution in [0.25, 0.3) is 0 Å². The molecule has 0 spiro atoms. The third kappa shape index (κ3) is 6.03. The molecule has 2 aromatic carbocycles. The maximum absolute atomic E-state index is 13.4. The first-order valence-electron chi connectivity index (χ1n) is 11.3. The minimum atomic E-state index is -0.510. The minimum absolute atomic E-state index is 0.0369. The lowest BCUT2D eigenvalue weighted by Gasteiger charge is -2.43. The maximum Gasteiger partial charge on any atom is 0.274 e. The van der Waals surface area contributed by atoms with E-state index in [1.165, 1.54) is 30.5 Å². The Hall–Kier alpha value is -2.19. The zero-order valence-electron chi connectivity index (χ0n) is 18.5. The molecule has 0 saturated carbocycles. The van der Waals surface area contributed by atoms with E-state index in [2.05, 4.69) is 21.9 Å². The fourth-order valence-electron chi connectivity index (χ4n) is 4.81. The van der Waals surface area contributed by atoms with Crippen molar-refractivity contribution in [3.05, 3.63) is 73.8 Å². The van der Waals surface area contributed by atoms with Crippen LogP contribution in [0.3, 0.4) is 0 Å². The summed E-state index contributed by atoms with van der Waals surface area (Å²) in [6, 6.07) is 13.1. The van der Waals surface area contributed by atoms with Crippen LogP contribution in [0.4, 0.5) is 5.69 Å². The Morgan fingerprint density at radius 1 is 1.00 bits per heavy atom. The normalized spacial score (nSPS) is 19.7. The monoisotopic (exact) mass is 490 g/mol. The number of nitrogens with zero attached hydrogens (tertiary/aromatic N) is 4. The Balaban J connectivity index is 1.50. The molecule has 0 N–H and O–H groups in total. The molecule has 1 unspecified atom stereocenters. The highest BCUT2D eigenvalue weighted by Gasteiger charge is 2.33. The number of nitro benzene ring substituents is 1. The molecule has 2 heterocycles. The Kier molecular flexibility index (Phi) is 7.86. The number of piperazine rings is 1. The van der Waals surface area contributed by atoms with Crippen molar-refractivity contribution in [1.82, 2.24) is 14.7 Å². The zero-order chi connectivity index (χ0) is 23.4. The van der Waals surface area contributed by atoms with Gasteiger partial charge in [-0.25, -0.2) is 0 Å². The third-order valence-electron chi connectivity index (χ3n) is 6.46. The molecule has 0 aliphatic carbocycles. The smallest absolute Gasteiger partial charge is 0.274 e. The second-order valence-corrected chi connectivity index (χ2v) is 9.61. The van der Waals surface area contributed by atoms with Crippen molar-refractivity contribution in [2.24, 2.45) is 0 Å². The predicted molar refractivity (Wildman–Crippen MR) is 130 cm³/mol. The minimum Gasteiger partial charge on any atom is -0.336 e. The Bertz CT molecular complexity index is 999. The van der Waals surface area contributed by atoms with Crippen LogP contribution in [-0.4, -0.2) is 70.8 Å². The van der Waals surface area contributed by atoms with E-state index in [-0.39, 0.29) is 34.1 Å². The first kappa shape index (κ1) is 24.0. The molecule has 0 radical (unpaired) electrons. The van der Waals surface area contributed by atoms with Crippen molar-refractivity contribution >= 4 is 34.8 Å². The van der Waals surface area contributed by atoms with Crippen molar-refractivity contribution in [3.8, 4) is 0 Å². The fourth-order valence-corrected chi connectivity index (χ4v) is 5.15. The molecule has 0 bridgehead atoms. The molecule has 9 heteroatoms. The molecule has 2 aliphatic heterocycles. The van der Waals surface area contributed by atoms with Crippen LogP contribution in [-0.2, 0) is 17.8 Å². The summed E-state index contributed by atoms with van der Waals surface area (Å²) in [5.41, 5.74) is 1.38. The largest absolute Gasteiger partial charge is 0.336 e. The zero-order valence-corrected chi connectivity index (χ0v) is 20.0. The number of nitro groups is 1. The van der Waals surface area contributed by atoms with E-state index in [4.69, 9.17) is 23.2 Å². The average molecular weight is 491 g/mol. The van der Waals surface area contributed by atoms with Gasteiger partial charge in [0, 0.05) is 44.4 Å². The van der Waals surface area contributed by atoms with E-state index in [0.29, 0.717) is 12.1 Å². The number of halogens is 2. The van der Waals surface area contributed by atoms with Crippen LogP contribution < -0.4 is 0 Å². The molecular weight excluding hydrogens is 463 g/mol. The summed E-state index contributed by atoms with van der Waals surface area (Å²) in [6.45, 7) is 5.91. The number of hydrogen-bond donors (Lipinski definition) is 0. The van der Waals surface area contributed by atoms with Gasteiger partial charge in [0.15, 0.2) is 0 Å². The summed E-state index contributed by atoms with van der Waals surface area (Å²) in [7, 11) is 0. The maximum atomic E-state index is 13.4.